The lowest BCUT2D eigenvalue weighted by atomic mass is 10.0. The maximum atomic E-state index is 13.5. The molecule has 154 valence electrons. The van der Waals surface area contributed by atoms with Gasteiger partial charge >= 0.3 is 6.18 Å². The molecule has 0 heterocycles. The minimum Gasteiger partial charge on any atom is -0.355 e. The molecule has 0 aliphatic heterocycles. The molecule has 0 saturated carbocycles. The highest BCUT2D eigenvalue weighted by Gasteiger charge is 2.35. The third-order valence-corrected chi connectivity index (χ3v) is 4.92. The Hall–Kier alpha value is -2.72. The monoisotopic (exact) mass is 423 g/mol. The molecule has 0 aromatic heterocycles. The van der Waals surface area contributed by atoms with E-state index in [-0.39, 0.29) is 18.1 Å². The summed E-state index contributed by atoms with van der Waals surface area (Å²) in [7, 11) is 3.19. The van der Waals surface area contributed by atoms with Gasteiger partial charge in [-0.2, -0.15) is 18.4 Å². The van der Waals surface area contributed by atoms with Gasteiger partial charge in [0.05, 0.1) is 17.2 Å². The lowest BCUT2D eigenvalue weighted by Crippen LogP contribution is -2.46. The molecule has 0 radical (unpaired) electrons. The van der Waals surface area contributed by atoms with E-state index in [2.05, 4.69) is 0 Å². The van der Waals surface area contributed by atoms with Crippen LogP contribution in [0.2, 0.25) is 5.02 Å². The van der Waals surface area contributed by atoms with Gasteiger partial charge in [-0.25, -0.2) is 0 Å². The molecule has 1 atom stereocenters. The van der Waals surface area contributed by atoms with E-state index in [0.29, 0.717) is 17.0 Å². The van der Waals surface area contributed by atoms with E-state index in [1.807, 2.05) is 0 Å². The summed E-state index contributed by atoms with van der Waals surface area (Å²) in [5.41, 5.74) is -0.630. The second-order valence-corrected chi connectivity index (χ2v) is 7.12. The number of rotatable bonds is 6. The fraction of sp³-hybridized carbons (Fsp3) is 0.333. The van der Waals surface area contributed by atoms with Crippen molar-refractivity contribution in [3.8, 4) is 6.07 Å². The molecule has 29 heavy (non-hydrogen) atoms. The SMILES string of the molecule is CC[C@@H](C(=O)N(C)C)N(Cc1ccccc1Cl)c1ccc(C#N)c(C(F)(F)F)c1. The number of likely N-dealkylation sites (N-methyl/N-ethyl adjacent to an activating group) is 1. The normalized spacial score (nSPS) is 12.2. The number of amides is 1. The molecular formula is C21H21ClF3N3O. The van der Waals surface area contributed by atoms with Crippen LogP contribution in [0.1, 0.15) is 30.0 Å². The van der Waals surface area contributed by atoms with E-state index in [0.717, 1.165) is 12.1 Å². The number of carbonyl (C=O) groups excluding carboxylic acids is 1. The first kappa shape index (κ1) is 22.6. The Balaban J connectivity index is 2.62. The van der Waals surface area contributed by atoms with Crippen LogP contribution in [0.4, 0.5) is 18.9 Å². The summed E-state index contributed by atoms with van der Waals surface area (Å²) in [5.74, 6) is -0.238. The molecule has 0 fully saturated rings. The molecule has 0 N–H and O–H groups in total. The summed E-state index contributed by atoms with van der Waals surface area (Å²) in [6.07, 6.45) is -4.31. The van der Waals surface area contributed by atoms with E-state index in [9.17, 15) is 18.0 Å². The number of anilines is 1. The fourth-order valence-electron chi connectivity index (χ4n) is 3.06. The van der Waals surface area contributed by atoms with E-state index in [1.54, 1.807) is 56.3 Å². The zero-order valence-electron chi connectivity index (χ0n) is 16.3. The molecule has 0 bridgehead atoms. The van der Waals surface area contributed by atoms with Gasteiger partial charge in [0.25, 0.3) is 0 Å². The Morgan fingerprint density at radius 1 is 1.21 bits per heavy atom. The molecule has 0 aliphatic rings. The Labute approximate surface area is 173 Å². The number of hydrogen-bond acceptors (Lipinski definition) is 3. The molecule has 0 saturated heterocycles. The van der Waals surface area contributed by atoms with Crippen LogP contribution in [0.3, 0.4) is 0 Å². The first-order chi connectivity index (χ1) is 13.6. The molecule has 0 aliphatic carbocycles. The number of alkyl halides is 3. The summed E-state index contributed by atoms with van der Waals surface area (Å²) in [6, 6.07) is 11.3. The average molecular weight is 424 g/mol. The van der Waals surface area contributed by atoms with Crippen LogP contribution < -0.4 is 4.90 Å². The molecule has 4 nitrogen and oxygen atoms in total. The Kier molecular flexibility index (Phi) is 7.15. The Morgan fingerprint density at radius 3 is 2.38 bits per heavy atom. The van der Waals surface area contributed by atoms with Gasteiger partial charge in [-0.3, -0.25) is 4.79 Å². The lowest BCUT2D eigenvalue weighted by Gasteiger charge is -2.34. The number of carbonyl (C=O) groups is 1. The van der Waals surface area contributed by atoms with Crippen molar-refractivity contribution in [1.82, 2.24) is 4.90 Å². The molecule has 0 spiro atoms. The van der Waals surface area contributed by atoms with Crippen LogP contribution in [0.15, 0.2) is 42.5 Å². The third kappa shape index (κ3) is 5.21. The first-order valence-electron chi connectivity index (χ1n) is 8.92. The van der Waals surface area contributed by atoms with Gasteiger partial charge in [-0.15, -0.1) is 0 Å². The first-order valence-corrected chi connectivity index (χ1v) is 9.30. The van der Waals surface area contributed by atoms with Crippen molar-refractivity contribution < 1.29 is 18.0 Å². The highest BCUT2D eigenvalue weighted by molar-refractivity contribution is 6.31. The summed E-state index contributed by atoms with van der Waals surface area (Å²) >= 11 is 6.25. The molecular weight excluding hydrogens is 403 g/mol. The van der Waals surface area contributed by atoms with Gasteiger partial charge < -0.3 is 9.80 Å². The van der Waals surface area contributed by atoms with Crippen molar-refractivity contribution in [3.63, 3.8) is 0 Å². The van der Waals surface area contributed by atoms with Crippen molar-refractivity contribution in [2.75, 3.05) is 19.0 Å². The fourth-order valence-corrected chi connectivity index (χ4v) is 3.26. The quantitative estimate of drug-likeness (QED) is 0.649. The van der Waals surface area contributed by atoms with E-state index in [1.165, 1.54) is 11.0 Å². The molecule has 2 rings (SSSR count). The number of benzene rings is 2. The molecule has 2 aromatic rings. The van der Waals surface area contributed by atoms with Crippen molar-refractivity contribution in [1.29, 1.82) is 5.26 Å². The molecule has 1 amide bonds. The van der Waals surface area contributed by atoms with Crippen LogP contribution in [0.5, 0.6) is 0 Å². The third-order valence-electron chi connectivity index (χ3n) is 4.55. The van der Waals surface area contributed by atoms with E-state index >= 15 is 0 Å². The highest BCUT2D eigenvalue weighted by Crippen LogP contribution is 2.36. The maximum absolute atomic E-state index is 13.5. The van der Waals surface area contributed by atoms with Crippen LogP contribution in [0, 0.1) is 11.3 Å². The second kappa shape index (κ2) is 9.19. The number of nitrogens with zero attached hydrogens (tertiary/aromatic N) is 3. The minimum absolute atomic E-state index is 0.140. The van der Waals surface area contributed by atoms with Gasteiger partial charge in [-0.1, -0.05) is 36.7 Å². The zero-order chi connectivity index (χ0) is 21.8. The van der Waals surface area contributed by atoms with Gasteiger partial charge in [0.15, 0.2) is 0 Å². The predicted molar refractivity (Wildman–Crippen MR) is 107 cm³/mol. The topological polar surface area (TPSA) is 47.3 Å². The second-order valence-electron chi connectivity index (χ2n) is 6.72. The molecule has 2 aromatic carbocycles. The largest absolute Gasteiger partial charge is 0.417 e. The van der Waals surface area contributed by atoms with Gasteiger partial charge in [0.1, 0.15) is 6.04 Å². The van der Waals surface area contributed by atoms with Crippen LogP contribution in [-0.2, 0) is 17.5 Å². The number of nitriles is 1. The van der Waals surface area contributed by atoms with Crippen LogP contribution in [0.25, 0.3) is 0 Å². The minimum atomic E-state index is -4.69. The van der Waals surface area contributed by atoms with Crippen LogP contribution >= 0.6 is 11.6 Å². The summed E-state index contributed by atoms with van der Waals surface area (Å²) < 4.78 is 40.4. The predicted octanol–water partition coefficient (Wildman–Crippen LogP) is 5.10. The summed E-state index contributed by atoms with van der Waals surface area (Å²) in [4.78, 5) is 15.7. The lowest BCUT2D eigenvalue weighted by molar-refractivity contribution is -0.137. The van der Waals surface area contributed by atoms with Crippen molar-refractivity contribution >= 4 is 23.2 Å². The zero-order valence-corrected chi connectivity index (χ0v) is 17.1. The van der Waals surface area contributed by atoms with Crippen LogP contribution in [-0.4, -0.2) is 30.9 Å². The molecule has 0 unspecified atom stereocenters. The van der Waals surface area contributed by atoms with Gasteiger partial charge in [0, 0.05) is 31.4 Å². The van der Waals surface area contributed by atoms with Crippen molar-refractivity contribution in [2.24, 2.45) is 0 Å². The highest BCUT2D eigenvalue weighted by atomic mass is 35.5. The maximum Gasteiger partial charge on any atom is 0.417 e. The smallest absolute Gasteiger partial charge is 0.355 e. The average Bonchev–Trinajstić information content (AvgIpc) is 2.67. The van der Waals surface area contributed by atoms with Gasteiger partial charge in [0.2, 0.25) is 5.91 Å². The van der Waals surface area contributed by atoms with Crippen molar-refractivity contribution in [3.05, 3.63) is 64.2 Å². The van der Waals surface area contributed by atoms with E-state index < -0.39 is 23.3 Å². The van der Waals surface area contributed by atoms with Crippen molar-refractivity contribution in [2.45, 2.75) is 32.1 Å². The standard InChI is InChI=1S/C21H21ClF3N3O/c1-4-19(20(29)27(2)3)28(13-15-7-5-6-8-18(15)22)16-10-9-14(12-26)17(11-16)21(23,24)25/h5-11,19H,4,13H2,1-3H3/t19-/m0/s1. The number of halogens is 4. The Morgan fingerprint density at radius 2 is 1.86 bits per heavy atom. The number of hydrogen-bond donors (Lipinski definition) is 0. The molecule has 8 heteroatoms. The Bertz CT molecular complexity index is 922. The van der Waals surface area contributed by atoms with Gasteiger partial charge in [-0.05, 0) is 36.2 Å². The van der Waals surface area contributed by atoms with E-state index in [4.69, 9.17) is 16.9 Å². The summed E-state index contributed by atoms with van der Waals surface area (Å²) in [5, 5.41) is 9.51. The summed E-state index contributed by atoms with van der Waals surface area (Å²) in [6.45, 7) is 1.93.